The third kappa shape index (κ3) is 8.95. The fourth-order valence-electron chi connectivity index (χ4n) is 10.3. The van der Waals surface area contributed by atoms with Crippen LogP contribution in [0.15, 0.2) is 30.3 Å². The second kappa shape index (κ2) is 16.6. The Morgan fingerprint density at radius 3 is 1.74 bits per heavy atom. The highest BCUT2D eigenvalue weighted by Gasteiger charge is 2.37. The zero-order valence-electron chi connectivity index (χ0n) is 29.8. The fourth-order valence-corrected chi connectivity index (χ4v) is 10.3. The molecule has 5 heterocycles. The van der Waals surface area contributed by atoms with Gasteiger partial charge in [-0.2, -0.15) is 0 Å². The summed E-state index contributed by atoms with van der Waals surface area (Å²) < 4.78 is 5.67. The highest BCUT2D eigenvalue weighted by atomic mass is 16.5. The van der Waals surface area contributed by atoms with E-state index in [1.54, 1.807) is 0 Å². The first-order valence-electron chi connectivity index (χ1n) is 19.6. The molecule has 6 rings (SSSR count). The quantitative estimate of drug-likeness (QED) is 0.300. The van der Waals surface area contributed by atoms with Crippen LogP contribution in [0.3, 0.4) is 0 Å². The number of ether oxygens (including phenoxy) is 1. The summed E-state index contributed by atoms with van der Waals surface area (Å²) >= 11 is 0. The van der Waals surface area contributed by atoms with Crippen molar-refractivity contribution in [2.75, 3.05) is 72.6 Å². The van der Waals surface area contributed by atoms with Gasteiger partial charge in [-0.3, -0.25) is 0 Å². The third-order valence-corrected chi connectivity index (χ3v) is 13.7. The van der Waals surface area contributed by atoms with Crippen LogP contribution in [0.4, 0.5) is 0 Å². The minimum atomic E-state index is -0.661. The Balaban J connectivity index is 1.02. The Bertz CT molecular complexity index is 1000. The van der Waals surface area contributed by atoms with Gasteiger partial charge < -0.3 is 29.4 Å². The second-order valence-electron chi connectivity index (χ2n) is 16.4. The molecule has 3 atom stereocenters. The van der Waals surface area contributed by atoms with E-state index in [-0.39, 0.29) is 0 Å². The first kappa shape index (κ1) is 34.8. The highest BCUT2D eigenvalue weighted by Crippen LogP contribution is 2.37. The zero-order chi connectivity index (χ0) is 31.9. The van der Waals surface area contributed by atoms with Crippen molar-refractivity contribution >= 4 is 0 Å². The number of hydrogen-bond donors (Lipinski definition) is 1. The standard InChI is InChI=1S/C40H68N4O2/c1-32(43-27-19-40(45,20-28-43)38-7-5-4-6-8-38)9-10-39(44-25-15-35(16-26-44)34-11-21-41(3)22-12-34)31-33(2)42-23-13-36(14-24-42)37-17-29-46-30-18-37/h4-8,32-37,39,45H,9-31H2,1-3H3. The Hall–Kier alpha value is -1.02. The molecule has 0 aromatic heterocycles. The van der Waals surface area contributed by atoms with Crippen LogP contribution in [0.1, 0.15) is 103 Å². The monoisotopic (exact) mass is 637 g/mol. The van der Waals surface area contributed by atoms with E-state index in [4.69, 9.17) is 4.74 Å². The van der Waals surface area contributed by atoms with Gasteiger partial charge in [0.2, 0.25) is 0 Å². The molecule has 5 aliphatic heterocycles. The normalized spacial score (nSPS) is 28.3. The Morgan fingerprint density at radius 2 is 1.15 bits per heavy atom. The van der Waals surface area contributed by atoms with Crippen LogP contribution in [-0.4, -0.2) is 115 Å². The van der Waals surface area contributed by atoms with E-state index in [2.05, 4.69) is 64.8 Å². The van der Waals surface area contributed by atoms with Crippen molar-refractivity contribution in [1.29, 1.82) is 0 Å². The van der Waals surface area contributed by atoms with Crippen molar-refractivity contribution in [3.8, 4) is 0 Å². The molecule has 6 heteroatoms. The average molecular weight is 637 g/mol. The van der Waals surface area contributed by atoms with Gasteiger partial charge in [0.25, 0.3) is 0 Å². The van der Waals surface area contributed by atoms with E-state index in [1.165, 1.54) is 110 Å². The van der Waals surface area contributed by atoms with Crippen LogP contribution in [0.2, 0.25) is 0 Å². The predicted octanol–water partition coefficient (Wildman–Crippen LogP) is 6.48. The van der Waals surface area contributed by atoms with Gasteiger partial charge in [-0.25, -0.2) is 0 Å². The number of hydrogen-bond acceptors (Lipinski definition) is 6. The van der Waals surface area contributed by atoms with Gasteiger partial charge in [-0.15, -0.1) is 0 Å². The number of likely N-dealkylation sites (tertiary alicyclic amines) is 4. The summed E-state index contributed by atoms with van der Waals surface area (Å²) in [5, 5.41) is 11.4. The molecular weight excluding hydrogens is 568 g/mol. The molecule has 5 saturated heterocycles. The molecule has 5 fully saturated rings. The summed E-state index contributed by atoms with van der Waals surface area (Å²) in [5.74, 6) is 3.74. The number of piperidine rings is 4. The Labute approximate surface area is 282 Å². The molecule has 1 aromatic rings. The summed E-state index contributed by atoms with van der Waals surface area (Å²) in [5.41, 5.74) is 0.433. The van der Waals surface area contributed by atoms with Crippen molar-refractivity contribution < 1.29 is 9.84 Å². The molecule has 3 unspecified atom stereocenters. The molecule has 0 bridgehead atoms. The SMILES string of the molecule is CC(CCC(CC(C)N1CCC(C2CCOCC2)CC1)N1CCC(C2CCN(C)CC2)CC1)N1CCC(O)(c2ccccc2)CC1. The highest BCUT2D eigenvalue weighted by molar-refractivity contribution is 5.23. The number of rotatable bonds is 11. The van der Waals surface area contributed by atoms with Gasteiger partial charge in [0.1, 0.15) is 0 Å². The second-order valence-corrected chi connectivity index (χ2v) is 16.4. The summed E-state index contributed by atoms with van der Waals surface area (Å²) in [6.45, 7) is 16.8. The van der Waals surface area contributed by atoms with Crippen LogP contribution >= 0.6 is 0 Å². The molecule has 0 saturated carbocycles. The van der Waals surface area contributed by atoms with Gasteiger partial charge in [0.05, 0.1) is 5.60 Å². The summed E-state index contributed by atoms with van der Waals surface area (Å²) in [6, 6.07) is 12.3. The lowest BCUT2D eigenvalue weighted by atomic mass is 9.78. The average Bonchev–Trinajstić information content (AvgIpc) is 3.11. The molecule has 0 aliphatic carbocycles. The Kier molecular flexibility index (Phi) is 12.6. The zero-order valence-corrected chi connectivity index (χ0v) is 29.8. The van der Waals surface area contributed by atoms with Gasteiger partial charge in [0, 0.05) is 44.4 Å². The minimum absolute atomic E-state index is 0.574. The summed E-state index contributed by atoms with van der Waals surface area (Å²) in [6.07, 6.45) is 16.6. The lowest BCUT2D eigenvalue weighted by Crippen LogP contribution is -2.49. The first-order chi connectivity index (χ1) is 22.4. The van der Waals surface area contributed by atoms with Gasteiger partial charge >= 0.3 is 0 Å². The van der Waals surface area contributed by atoms with E-state index >= 15 is 0 Å². The summed E-state index contributed by atoms with van der Waals surface area (Å²) in [4.78, 5) is 11.0. The molecular formula is C40H68N4O2. The van der Waals surface area contributed by atoms with Gasteiger partial charge in [-0.05, 0) is 173 Å². The summed E-state index contributed by atoms with van der Waals surface area (Å²) in [7, 11) is 2.30. The number of aliphatic hydroxyl groups is 1. The van der Waals surface area contributed by atoms with E-state index in [0.29, 0.717) is 18.1 Å². The van der Waals surface area contributed by atoms with Crippen LogP contribution < -0.4 is 0 Å². The molecule has 46 heavy (non-hydrogen) atoms. The number of nitrogens with zero attached hydrogens (tertiary/aromatic N) is 4. The fraction of sp³-hybridized carbons (Fsp3) is 0.850. The van der Waals surface area contributed by atoms with Crippen LogP contribution in [-0.2, 0) is 10.3 Å². The van der Waals surface area contributed by atoms with E-state index < -0.39 is 5.60 Å². The van der Waals surface area contributed by atoms with Crippen molar-refractivity contribution in [1.82, 2.24) is 19.6 Å². The van der Waals surface area contributed by atoms with Crippen molar-refractivity contribution in [3.05, 3.63) is 35.9 Å². The van der Waals surface area contributed by atoms with E-state index in [0.717, 1.165) is 68.4 Å². The maximum atomic E-state index is 11.4. The molecule has 5 aliphatic rings. The van der Waals surface area contributed by atoms with E-state index in [1.807, 2.05) is 6.07 Å². The lowest BCUT2D eigenvalue weighted by molar-refractivity contribution is -0.0358. The molecule has 0 spiro atoms. The van der Waals surface area contributed by atoms with Crippen LogP contribution in [0, 0.1) is 23.7 Å². The molecule has 6 nitrogen and oxygen atoms in total. The molecule has 0 amide bonds. The Morgan fingerprint density at radius 1 is 0.652 bits per heavy atom. The molecule has 1 aromatic carbocycles. The lowest BCUT2D eigenvalue weighted by Gasteiger charge is -2.45. The van der Waals surface area contributed by atoms with Crippen molar-refractivity contribution in [3.63, 3.8) is 0 Å². The largest absolute Gasteiger partial charge is 0.385 e. The molecule has 1 N–H and O–H groups in total. The van der Waals surface area contributed by atoms with Gasteiger partial charge in [0.15, 0.2) is 0 Å². The van der Waals surface area contributed by atoms with Crippen molar-refractivity contribution in [2.24, 2.45) is 23.7 Å². The minimum Gasteiger partial charge on any atom is -0.385 e. The topological polar surface area (TPSA) is 42.4 Å². The predicted molar refractivity (Wildman–Crippen MR) is 190 cm³/mol. The van der Waals surface area contributed by atoms with Crippen LogP contribution in [0.5, 0.6) is 0 Å². The van der Waals surface area contributed by atoms with E-state index in [9.17, 15) is 5.11 Å². The maximum Gasteiger partial charge on any atom is 0.0920 e. The van der Waals surface area contributed by atoms with Gasteiger partial charge in [-0.1, -0.05) is 30.3 Å². The maximum absolute atomic E-state index is 11.4. The molecule has 0 radical (unpaired) electrons. The third-order valence-electron chi connectivity index (χ3n) is 13.7. The number of benzene rings is 1. The smallest absolute Gasteiger partial charge is 0.0920 e. The van der Waals surface area contributed by atoms with Crippen molar-refractivity contribution in [2.45, 2.75) is 121 Å². The molecule has 260 valence electrons. The first-order valence-corrected chi connectivity index (χ1v) is 19.6. The van der Waals surface area contributed by atoms with Crippen LogP contribution in [0.25, 0.3) is 0 Å².